The molecule has 0 saturated carbocycles. The highest BCUT2D eigenvalue weighted by atomic mass is 16.3. The van der Waals surface area contributed by atoms with Gasteiger partial charge < -0.3 is 4.42 Å². The number of rotatable bonds is 4. The summed E-state index contributed by atoms with van der Waals surface area (Å²) in [4.78, 5) is 15.2. The van der Waals surface area contributed by atoms with E-state index in [0.29, 0.717) is 17.5 Å². The molecule has 0 aliphatic carbocycles. The summed E-state index contributed by atoms with van der Waals surface area (Å²) in [7, 11) is 0. The zero-order valence-corrected chi connectivity index (χ0v) is 22.0. The molecule has 0 N–H and O–H groups in total. The van der Waals surface area contributed by atoms with E-state index >= 15 is 0 Å². The highest BCUT2D eigenvalue weighted by Crippen LogP contribution is 2.41. The maximum Gasteiger partial charge on any atom is 0.165 e. The van der Waals surface area contributed by atoms with Gasteiger partial charge in [-0.25, -0.2) is 15.0 Å². The third-order valence-electron chi connectivity index (χ3n) is 7.53. The van der Waals surface area contributed by atoms with Crippen molar-refractivity contribution in [3.05, 3.63) is 140 Å². The lowest BCUT2D eigenvalue weighted by Gasteiger charge is -2.12. The zero-order chi connectivity index (χ0) is 27.2. The number of fused-ring (bicyclic) bond motifs is 4. The van der Waals surface area contributed by atoms with Gasteiger partial charge in [0, 0.05) is 27.5 Å². The Morgan fingerprint density at radius 1 is 0.390 bits per heavy atom. The molecule has 0 unspecified atom stereocenters. The Balaban J connectivity index is 1.41. The van der Waals surface area contributed by atoms with Crippen molar-refractivity contribution in [1.82, 2.24) is 15.0 Å². The van der Waals surface area contributed by atoms with Crippen molar-refractivity contribution in [3.8, 4) is 45.3 Å². The molecule has 4 heteroatoms. The second-order valence-corrected chi connectivity index (χ2v) is 10.1. The molecular formula is C37H23N3O. The minimum atomic E-state index is 0.620. The van der Waals surface area contributed by atoms with E-state index in [4.69, 9.17) is 19.4 Å². The molecule has 0 saturated heterocycles. The third-order valence-corrected chi connectivity index (χ3v) is 7.53. The van der Waals surface area contributed by atoms with Crippen LogP contribution in [0.3, 0.4) is 0 Å². The quantitative estimate of drug-likeness (QED) is 0.230. The number of hydrogen-bond acceptors (Lipinski definition) is 4. The smallest absolute Gasteiger partial charge is 0.165 e. The van der Waals surface area contributed by atoms with Crippen molar-refractivity contribution in [2.24, 2.45) is 0 Å². The fraction of sp³-hybridized carbons (Fsp3) is 0. The molecule has 0 radical (unpaired) electrons. The van der Waals surface area contributed by atoms with Gasteiger partial charge in [0.25, 0.3) is 0 Å². The first-order valence-corrected chi connectivity index (χ1v) is 13.6. The Kier molecular flexibility index (Phi) is 5.42. The summed E-state index contributed by atoms with van der Waals surface area (Å²) in [6, 6.07) is 47.5. The topological polar surface area (TPSA) is 51.8 Å². The van der Waals surface area contributed by atoms with Crippen LogP contribution in [0.25, 0.3) is 78.0 Å². The van der Waals surface area contributed by atoms with Crippen LogP contribution in [0.15, 0.2) is 144 Å². The zero-order valence-electron chi connectivity index (χ0n) is 22.0. The molecule has 0 spiro atoms. The number of furan rings is 1. The summed E-state index contributed by atoms with van der Waals surface area (Å²) in [5.74, 6) is 1.88. The van der Waals surface area contributed by atoms with E-state index in [1.807, 2.05) is 60.7 Å². The van der Waals surface area contributed by atoms with Crippen LogP contribution in [0.5, 0.6) is 0 Å². The van der Waals surface area contributed by atoms with Crippen LogP contribution < -0.4 is 0 Å². The van der Waals surface area contributed by atoms with Gasteiger partial charge in [-0.3, -0.25) is 0 Å². The Morgan fingerprint density at radius 2 is 0.902 bits per heavy atom. The molecule has 41 heavy (non-hydrogen) atoms. The van der Waals surface area contributed by atoms with Gasteiger partial charge in [-0.15, -0.1) is 0 Å². The van der Waals surface area contributed by atoms with Crippen LogP contribution >= 0.6 is 0 Å². The Morgan fingerprint density at radius 3 is 1.63 bits per heavy atom. The molecule has 8 aromatic rings. The van der Waals surface area contributed by atoms with Crippen LogP contribution in [-0.2, 0) is 0 Å². The van der Waals surface area contributed by atoms with Gasteiger partial charge in [-0.05, 0) is 34.0 Å². The van der Waals surface area contributed by atoms with E-state index in [1.54, 1.807) is 0 Å². The van der Waals surface area contributed by atoms with Gasteiger partial charge in [0.2, 0.25) is 0 Å². The van der Waals surface area contributed by atoms with Gasteiger partial charge in [0.15, 0.2) is 17.5 Å². The maximum absolute atomic E-state index is 6.34. The lowest BCUT2D eigenvalue weighted by atomic mass is 9.97. The molecule has 0 aliphatic heterocycles. The molecular weight excluding hydrogens is 502 g/mol. The largest absolute Gasteiger partial charge is 0.456 e. The summed E-state index contributed by atoms with van der Waals surface area (Å²) in [6.07, 6.45) is 0. The average Bonchev–Trinajstić information content (AvgIpc) is 3.42. The second-order valence-electron chi connectivity index (χ2n) is 10.1. The Hall–Kier alpha value is -5.61. The summed E-state index contributed by atoms with van der Waals surface area (Å²) < 4.78 is 6.34. The standard InChI is InChI=1S/C37H23N3O/c1-3-11-24(12-4-1)25-19-21-27(22-20-25)36-38-35(26-13-5-2-6-14-26)39-37(40-36)34-29-16-8-7-15-28(29)23-32-33(34)30-17-9-10-18-31(30)41-32/h1-23H. The lowest BCUT2D eigenvalue weighted by molar-refractivity contribution is 0.669. The normalized spacial score (nSPS) is 11.4. The molecule has 2 aromatic heterocycles. The van der Waals surface area contributed by atoms with Crippen molar-refractivity contribution in [2.75, 3.05) is 0 Å². The third kappa shape index (κ3) is 4.05. The fourth-order valence-corrected chi connectivity index (χ4v) is 5.56. The Labute approximate surface area is 236 Å². The summed E-state index contributed by atoms with van der Waals surface area (Å²) >= 11 is 0. The Bertz CT molecular complexity index is 2180. The maximum atomic E-state index is 6.34. The van der Waals surface area contributed by atoms with E-state index in [-0.39, 0.29) is 0 Å². The fourth-order valence-electron chi connectivity index (χ4n) is 5.56. The predicted molar refractivity (Wildman–Crippen MR) is 166 cm³/mol. The van der Waals surface area contributed by atoms with Gasteiger partial charge in [0.1, 0.15) is 11.2 Å². The van der Waals surface area contributed by atoms with Crippen molar-refractivity contribution < 1.29 is 4.42 Å². The van der Waals surface area contributed by atoms with Crippen LogP contribution in [0.1, 0.15) is 0 Å². The number of hydrogen-bond donors (Lipinski definition) is 0. The minimum absolute atomic E-state index is 0.620. The highest BCUT2D eigenvalue weighted by molar-refractivity contribution is 6.20. The number of nitrogens with zero attached hydrogens (tertiary/aromatic N) is 3. The van der Waals surface area contributed by atoms with E-state index in [9.17, 15) is 0 Å². The molecule has 4 nitrogen and oxygen atoms in total. The van der Waals surface area contributed by atoms with Crippen molar-refractivity contribution in [3.63, 3.8) is 0 Å². The number of para-hydroxylation sites is 1. The van der Waals surface area contributed by atoms with Gasteiger partial charge in [-0.2, -0.15) is 0 Å². The minimum Gasteiger partial charge on any atom is -0.456 e. The molecule has 192 valence electrons. The first kappa shape index (κ1) is 23.3. The van der Waals surface area contributed by atoms with Gasteiger partial charge in [0.05, 0.1) is 0 Å². The molecule has 0 aliphatic rings. The number of aromatic nitrogens is 3. The number of benzene rings is 6. The summed E-state index contributed by atoms with van der Waals surface area (Å²) in [5.41, 5.74) is 6.79. The average molecular weight is 526 g/mol. The lowest BCUT2D eigenvalue weighted by Crippen LogP contribution is -2.01. The molecule has 0 amide bonds. The van der Waals surface area contributed by atoms with Crippen molar-refractivity contribution >= 4 is 32.7 Å². The van der Waals surface area contributed by atoms with E-state index < -0.39 is 0 Å². The van der Waals surface area contributed by atoms with Gasteiger partial charge >= 0.3 is 0 Å². The van der Waals surface area contributed by atoms with Crippen molar-refractivity contribution in [2.45, 2.75) is 0 Å². The van der Waals surface area contributed by atoms with Crippen LogP contribution in [0.2, 0.25) is 0 Å². The first-order valence-electron chi connectivity index (χ1n) is 13.6. The van der Waals surface area contributed by atoms with Crippen LogP contribution in [0.4, 0.5) is 0 Å². The van der Waals surface area contributed by atoms with E-state index in [2.05, 4.69) is 78.9 Å². The summed E-state index contributed by atoms with van der Waals surface area (Å²) in [6.45, 7) is 0. The van der Waals surface area contributed by atoms with E-state index in [1.165, 1.54) is 5.56 Å². The molecule has 0 bridgehead atoms. The first-order chi connectivity index (χ1) is 20.3. The highest BCUT2D eigenvalue weighted by Gasteiger charge is 2.20. The molecule has 6 aromatic carbocycles. The predicted octanol–water partition coefficient (Wildman–Crippen LogP) is 9.59. The molecule has 0 atom stereocenters. The second kappa shape index (κ2) is 9.54. The molecule has 2 heterocycles. The van der Waals surface area contributed by atoms with E-state index in [0.717, 1.165) is 55.0 Å². The van der Waals surface area contributed by atoms with Crippen molar-refractivity contribution in [1.29, 1.82) is 0 Å². The van der Waals surface area contributed by atoms with Crippen LogP contribution in [-0.4, -0.2) is 15.0 Å². The molecule has 8 rings (SSSR count). The SMILES string of the molecule is c1ccc(-c2ccc(-c3nc(-c4ccccc4)nc(-c4c5ccccc5cc5oc6ccccc6c45)n3)cc2)cc1. The molecule has 0 fully saturated rings. The van der Waals surface area contributed by atoms with Crippen LogP contribution in [0, 0.1) is 0 Å². The van der Waals surface area contributed by atoms with Gasteiger partial charge in [-0.1, -0.05) is 127 Å². The monoisotopic (exact) mass is 525 g/mol. The summed E-state index contributed by atoms with van der Waals surface area (Å²) in [5, 5.41) is 4.19.